The van der Waals surface area contributed by atoms with Gasteiger partial charge in [0, 0.05) is 12.6 Å². The first kappa shape index (κ1) is 22.5. The van der Waals surface area contributed by atoms with Crippen LogP contribution in [0.15, 0.2) is 78.2 Å². The van der Waals surface area contributed by atoms with E-state index in [1.807, 2.05) is 60.7 Å². The normalized spacial score (nSPS) is 17.1. The van der Waals surface area contributed by atoms with Crippen LogP contribution in [0, 0.1) is 0 Å². The molecule has 0 radical (unpaired) electrons. The van der Waals surface area contributed by atoms with Gasteiger partial charge in [-0.15, -0.1) is 0 Å². The molecule has 10 heteroatoms. The average molecular weight is 494 g/mol. The largest absolute Gasteiger partial charge is 0.334 e. The Morgan fingerprint density at radius 1 is 1.06 bits per heavy atom. The predicted molar refractivity (Wildman–Crippen MR) is 131 cm³/mol. The molecule has 0 aliphatic carbocycles. The minimum Gasteiger partial charge on any atom is -0.334 e. The van der Waals surface area contributed by atoms with Gasteiger partial charge >= 0.3 is 0 Å². The molecule has 2 aromatic heterocycles. The Morgan fingerprint density at radius 3 is 2.50 bits per heavy atom. The summed E-state index contributed by atoms with van der Waals surface area (Å²) in [5, 5.41) is 5.89. The van der Waals surface area contributed by atoms with Crippen molar-refractivity contribution < 1.29 is 13.2 Å². The molecule has 1 amide bonds. The van der Waals surface area contributed by atoms with Crippen LogP contribution >= 0.6 is 11.8 Å². The molecule has 0 spiro atoms. The smallest absolute Gasteiger partial charge is 0.233 e. The predicted octanol–water partition coefficient (Wildman–Crippen LogP) is 3.12. The fourth-order valence-electron chi connectivity index (χ4n) is 4.13. The van der Waals surface area contributed by atoms with Crippen molar-refractivity contribution >= 4 is 38.5 Å². The first-order valence-corrected chi connectivity index (χ1v) is 13.7. The van der Waals surface area contributed by atoms with Crippen LogP contribution in [0.3, 0.4) is 0 Å². The molecule has 5 rings (SSSR count). The lowest BCUT2D eigenvalue weighted by Gasteiger charge is -2.28. The van der Waals surface area contributed by atoms with Crippen molar-refractivity contribution in [3.05, 3.63) is 78.8 Å². The Morgan fingerprint density at radius 2 is 1.79 bits per heavy atom. The molecule has 0 saturated carbocycles. The van der Waals surface area contributed by atoms with E-state index in [1.165, 1.54) is 18.1 Å². The van der Waals surface area contributed by atoms with E-state index in [-0.39, 0.29) is 29.2 Å². The average Bonchev–Trinajstić information content (AvgIpc) is 3.45. The standard InChI is InChI=1S/C24H23N5O3S2/c30-22(28(14-18-7-3-1-4-8-18)20-11-12-34(31,32)16-20)15-33-24-21-13-27-29(23(21)25-17-26-24)19-9-5-2-6-10-19/h1-10,13,17,20H,11-12,14-16H2/t20-/m0/s1. The van der Waals surface area contributed by atoms with Crippen LogP contribution < -0.4 is 0 Å². The van der Waals surface area contributed by atoms with Crippen LogP contribution in [-0.4, -0.2) is 62.3 Å². The summed E-state index contributed by atoms with van der Waals surface area (Å²) >= 11 is 1.32. The van der Waals surface area contributed by atoms with Crippen molar-refractivity contribution in [1.29, 1.82) is 0 Å². The number of hydrogen-bond acceptors (Lipinski definition) is 7. The summed E-state index contributed by atoms with van der Waals surface area (Å²) in [5.41, 5.74) is 2.53. The number of rotatable bonds is 7. The molecular formula is C24H23N5O3S2. The fraction of sp³-hybridized carbons (Fsp3) is 0.250. The zero-order valence-corrected chi connectivity index (χ0v) is 20.0. The van der Waals surface area contributed by atoms with Gasteiger partial charge in [0.2, 0.25) is 5.91 Å². The second-order valence-corrected chi connectivity index (χ2v) is 11.4. The van der Waals surface area contributed by atoms with Crippen molar-refractivity contribution in [2.75, 3.05) is 17.3 Å². The Kier molecular flexibility index (Phi) is 6.34. The molecule has 1 aliphatic rings. The number of aromatic nitrogens is 4. The molecule has 34 heavy (non-hydrogen) atoms. The van der Waals surface area contributed by atoms with E-state index in [4.69, 9.17) is 0 Å². The van der Waals surface area contributed by atoms with Gasteiger partial charge in [0.1, 0.15) is 11.4 Å². The van der Waals surface area contributed by atoms with Gasteiger partial charge in [0.05, 0.1) is 34.5 Å². The molecule has 1 saturated heterocycles. The summed E-state index contributed by atoms with van der Waals surface area (Å²) in [6, 6.07) is 19.0. The number of carbonyl (C=O) groups is 1. The molecule has 4 aromatic rings. The number of carbonyl (C=O) groups excluding carboxylic acids is 1. The molecule has 0 unspecified atom stereocenters. The van der Waals surface area contributed by atoms with Gasteiger partial charge in [-0.05, 0) is 24.1 Å². The van der Waals surface area contributed by atoms with Crippen molar-refractivity contribution in [3.8, 4) is 5.69 Å². The van der Waals surface area contributed by atoms with Crippen LogP contribution in [0.2, 0.25) is 0 Å². The van der Waals surface area contributed by atoms with Gasteiger partial charge < -0.3 is 4.90 Å². The maximum atomic E-state index is 13.3. The summed E-state index contributed by atoms with van der Waals surface area (Å²) in [6.07, 6.45) is 3.65. The van der Waals surface area contributed by atoms with Crippen LogP contribution in [0.1, 0.15) is 12.0 Å². The molecule has 3 heterocycles. The number of fused-ring (bicyclic) bond motifs is 1. The highest BCUT2D eigenvalue weighted by Gasteiger charge is 2.34. The van der Waals surface area contributed by atoms with Crippen LogP contribution in [0.25, 0.3) is 16.7 Å². The second-order valence-electron chi connectivity index (χ2n) is 8.16. The lowest BCUT2D eigenvalue weighted by atomic mass is 10.1. The maximum absolute atomic E-state index is 13.3. The molecule has 1 atom stereocenters. The summed E-state index contributed by atoms with van der Waals surface area (Å²) < 4.78 is 25.9. The number of sulfone groups is 1. The molecule has 1 aliphatic heterocycles. The number of benzene rings is 2. The number of thioether (sulfide) groups is 1. The highest BCUT2D eigenvalue weighted by atomic mass is 32.2. The first-order chi connectivity index (χ1) is 16.5. The Bertz CT molecular complexity index is 1410. The zero-order valence-electron chi connectivity index (χ0n) is 18.3. The molecule has 0 N–H and O–H groups in total. The first-order valence-electron chi connectivity index (χ1n) is 10.9. The lowest BCUT2D eigenvalue weighted by molar-refractivity contribution is -0.130. The van der Waals surface area contributed by atoms with Crippen LogP contribution in [0.5, 0.6) is 0 Å². The number of para-hydroxylation sites is 1. The van der Waals surface area contributed by atoms with E-state index in [0.29, 0.717) is 23.6 Å². The third kappa shape index (κ3) is 4.83. The summed E-state index contributed by atoms with van der Waals surface area (Å²) in [7, 11) is -3.12. The number of hydrogen-bond donors (Lipinski definition) is 0. The monoisotopic (exact) mass is 493 g/mol. The van der Waals surface area contributed by atoms with Gasteiger partial charge in [-0.25, -0.2) is 23.1 Å². The van der Waals surface area contributed by atoms with Gasteiger partial charge in [0.15, 0.2) is 15.5 Å². The van der Waals surface area contributed by atoms with Crippen LogP contribution in [-0.2, 0) is 21.2 Å². The SMILES string of the molecule is O=C(CSc1ncnc2c1cnn2-c1ccccc1)N(Cc1ccccc1)[C@H]1CCS(=O)(=O)C1. The molecular weight excluding hydrogens is 470 g/mol. The van der Waals surface area contributed by atoms with Gasteiger partial charge in [-0.3, -0.25) is 4.79 Å². The minimum absolute atomic E-state index is 0.0117. The fourth-order valence-corrected chi connectivity index (χ4v) is 6.71. The van der Waals surface area contributed by atoms with Gasteiger partial charge in [-0.2, -0.15) is 5.10 Å². The van der Waals surface area contributed by atoms with Crippen LogP contribution in [0.4, 0.5) is 0 Å². The molecule has 1 fully saturated rings. The van der Waals surface area contributed by atoms with Crippen molar-refractivity contribution in [2.45, 2.75) is 24.0 Å². The van der Waals surface area contributed by atoms with E-state index in [9.17, 15) is 13.2 Å². The molecule has 2 aromatic carbocycles. The van der Waals surface area contributed by atoms with E-state index in [0.717, 1.165) is 16.6 Å². The third-order valence-corrected chi connectivity index (χ3v) is 8.57. The Hall–Kier alpha value is -3.24. The number of amides is 1. The Labute approximate surface area is 201 Å². The minimum atomic E-state index is -3.12. The molecule has 174 valence electrons. The van der Waals surface area contributed by atoms with E-state index in [2.05, 4.69) is 15.1 Å². The quantitative estimate of drug-likeness (QED) is 0.288. The molecule has 0 bridgehead atoms. The second kappa shape index (κ2) is 9.55. The van der Waals surface area contributed by atoms with Gasteiger partial charge in [0.25, 0.3) is 0 Å². The van der Waals surface area contributed by atoms with Crippen molar-refractivity contribution in [3.63, 3.8) is 0 Å². The third-order valence-electron chi connectivity index (χ3n) is 5.83. The topological polar surface area (TPSA) is 98.1 Å². The van der Waals surface area contributed by atoms with E-state index in [1.54, 1.807) is 15.8 Å². The highest BCUT2D eigenvalue weighted by molar-refractivity contribution is 8.00. The van der Waals surface area contributed by atoms with Gasteiger partial charge in [-0.1, -0.05) is 60.3 Å². The lowest BCUT2D eigenvalue weighted by Crippen LogP contribution is -2.41. The highest BCUT2D eigenvalue weighted by Crippen LogP contribution is 2.27. The van der Waals surface area contributed by atoms with Crippen molar-refractivity contribution in [2.24, 2.45) is 0 Å². The van der Waals surface area contributed by atoms with Crippen molar-refractivity contribution in [1.82, 2.24) is 24.6 Å². The number of nitrogens with zero attached hydrogens (tertiary/aromatic N) is 5. The summed E-state index contributed by atoms with van der Waals surface area (Å²) in [6.45, 7) is 0.381. The summed E-state index contributed by atoms with van der Waals surface area (Å²) in [5.74, 6) is 0.163. The summed E-state index contributed by atoms with van der Waals surface area (Å²) in [4.78, 5) is 23.8. The zero-order chi connectivity index (χ0) is 23.5. The van der Waals surface area contributed by atoms with E-state index >= 15 is 0 Å². The molecule has 8 nitrogen and oxygen atoms in total. The maximum Gasteiger partial charge on any atom is 0.233 e. The van der Waals surface area contributed by atoms with E-state index < -0.39 is 9.84 Å². The Balaban J connectivity index is 1.36.